The molecule has 0 bridgehead atoms. The molecule has 0 aromatic carbocycles. The van der Waals surface area contributed by atoms with Crippen molar-refractivity contribution in [3.63, 3.8) is 0 Å². The van der Waals surface area contributed by atoms with Gasteiger partial charge in [0.15, 0.2) is 0 Å². The van der Waals surface area contributed by atoms with Crippen molar-refractivity contribution in [2.75, 3.05) is 26.2 Å². The van der Waals surface area contributed by atoms with Crippen LogP contribution in [-0.4, -0.2) is 59.2 Å². The third-order valence-electron chi connectivity index (χ3n) is 3.79. The molecule has 2 unspecified atom stereocenters. The number of aromatic nitrogens is 2. The molecule has 3 heterocycles. The number of fused-ring (bicyclic) bond motifs is 1. The van der Waals surface area contributed by atoms with Gasteiger partial charge in [-0.05, 0) is 19.4 Å². The van der Waals surface area contributed by atoms with Gasteiger partial charge in [0, 0.05) is 19.1 Å². The van der Waals surface area contributed by atoms with Crippen molar-refractivity contribution >= 4 is 17.5 Å². The minimum atomic E-state index is -0.271. The highest BCUT2D eigenvalue weighted by atomic mass is 35.5. The lowest BCUT2D eigenvalue weighted by molar-refractivity contribution is -0.0462. The van der Waals surface area contributed by atoms with Gasteiger partial charge in [-0.15, -0.1) is 0 Å². The predicted molar refractivity (Wildman–Crippen MR) is 73.7 cm³/mol. The number of nitrogens with one attached hydrogen (secondary N) is 1. The second-order valence-corrected chi connectivity index (χ2v) is 5.57. The zero-order chi connectivity index (χ0) is 13.9. The first-order chi connectivity index (χ1) is 9.72. The van der Waals surface area contributed by atoms with Crippen molar-refractivity contribution in [1.29, 1.82) is 0 Å². The van der Waals surface area contributed by atoms with Crippen LogP contribution in [0.25, 0.3) is 0 Å². The molecule has 3 rings (SSSR count). The van der Waals surface area contributed by atoms with Gasteiger partial charge in [0.2, 0.25) is 0 Å². The Kier molecular flexibility index (Phi) is 4.14. The number of hydrogen-bond acceptors (Lipinski definition) is 5. The Labute approximate surface area is 122 Å². The molecule has 108 valence electrons. The molecule has 1 N–H and O–H groups in total. The van der Waals surface area contributed by atoms with Crippen molar-refractivity contribution < 1.29 is 9.53 Å². The van der Waals surface area contributed by atoms with Gasteiger partial charge in [-0.1, -0.05) is 11.6 Å². The lowest BCUT2D eigenvalue weighted by Crippen LogP contribution is -2.50. The fourth-order valence-electron chi connectivity index (χ4n) is 2.76. The molecule has 0 aliphatic carbocycles. The third kappa shape index (κ3) is 3.08. The first-order valence-corrected chi connectivity index (χ1v) is 7.21. The van der Waals surface area contributed by atoms with E-state index in [1.165, 1.54) is 25.2 Å². The summed E-state index contributed by atoms with van der Waals surface area (Å²) < 4.78 is 5.78. The Balaban J connectivity index is 1.51. The van der Waals surface area contributed by atoms with Gasteiger partial charge >= 0.3 is 0 Å². The molecule has 0 radical (unpaired) electrons. The van der Waals surface area contributed by atoms with E-state index in [0.29, 0.717) is 12.6 Å². The van der Waals surface area contributed by atoms with Crippen LogP contribution in [0.4, 0.5) is 0 Å². The fraction of sp³-hybridized carbons (Fsp3) is 0.615. The maximum atomic E-state index is 11.9. The summed E-state index contributed by atoms with van der Waals surface area (Å²) in [5, 5.41) is 3.04. The molecule has 0 spiro atoms. The van der Waals surface area contributed by atoms with Gasteiger partial charge in [-0.2, -0.15) is 0 Å². The van der Waals surface area contributed by atoms with Crippen LogP contribution in [0.15, 0.2) is 12.4 Å². The number of hydrogen-bond donors (Lipinski definition) is 1. The summed E-state index contributed by atoms with van der Waals surface area (Å²) in [4.78, 5) is 22.1. The third-order valence-corrected chi connectivity index (χ3v) is 3.97. The lowest BCUT2D eigenvalue weighted by atomic mass is 10.2. The first kappa shape index (κ1) is 13.7. The number of halogens is 1. The van der Waals surface area contributed by atoms with Gasteiger partial charge in [0.05, 0.1) is 25.1 Å². The number of morpholine rings is 1. The Morgan fingerprint density at radius 1 is 1.55 bits per heavy atom. The first-order valence-electron chi connectivity index (χ1n) is 6.84. The summed E-state index contributed by atoms with van der Waals surface area (Å²) in [6.07, 6.45) is 5.30. The molecular formula is C13H17ClN4O2. The van der Waals surface area contributed by atoms with Gasteiger partial charge < -0.3 is 10.1 Å². The Hall–Kier alpha value is -1.24. The largest absolute Gasteiger partial charge is 0.373 e. The Morgan fingerprint density at radius 2 is 2.45 bits per heavy atom. The van der Waals surface area contributed by atoms with E-state index in [9.17, 15) is 4.79 Å². The van der Waals surface area contributed by atoms with Crippen LogP contribution in [0.3, 0.4) is 0 Å². The van der Waals surface area contributed by atoms with E-state index in [-0.39, 0.29) is 22.9 Å². The molecule has 1 aromatic rings. The van der Waals surface area contributed by atoms with Crippen molar-refractivity contribution in [1.82, 2.24) is 20.2 Å². The normalized spacial score (nSPS) is 26.2. The predicted octanol–water partition coefficient (Wildman–Crippen LogP) is 0.723. The molecule has 7 heteroatoms. The van der Waals surface area contributed by atoms with E-state index in [1.807, 2.05) is 0 Å². The number of ether oxygens (including phenoxy) is 1. The molecule has 1 aromatic heterocycles. The van der Waals surface area contributed by atoms with Crippen molar-refractivity contribution in [3.05, 3.63) is 23.2 Å². The highest BCUT2D eigenvalue weighted by Gasteiger charge is 2.32. The number of amides is 1. The maximum absolute atomic E-state index is 11.9. The number of nitrogens with zero attached hydrogens (tertiary/aromatic N) is 3. The van der Waals surface area contributed by atoms with Gasteiger partial charge in [-0.25, -0.2) is 4.98 Å². The summed E-state index contributed by atoms with van der Waals surface area (Å²) >= 11 is 5.71. The van der Waals surface area contributed by atoms with Gasteiger partial charge in [-0.3, -0.25) is 14.7 Å². The quantitative estimate of drug-likeness (QED) is 0.890. The molecule has 6 nitrogen and oxygen atoms in total. The standard InChI is InChI=1S/C13H17ClN4O2/c14-12-6-15-5-11(17-12)13(19)16-4-10-7-18-3-1-2-9(18)8-20-10/h5-6,9-10H,1-4,7-8H2,(H,16,19). The van der Waals surface area contributed by atoms with E-state index in [0.717, 1.165) is 19.7 Å². The summed E-state index contributed by atoms with van der Waals surface area (Å²) in [5.41, 5.74) is 0.229. The summed E-state index contributed by atoms with van der Waals surface area (Å²) in [6.45, 7) is 3.26. The molecule has 2 aliphatic rings. The average molecular weight is 297 g/mol. The van der Waals surface area contributed by atoms with Crippen LogP contribution in [0.1, 0.15) is 23.3 Å². The second kappa shape index (κ2) is 6.03. The molecule has 2 aliphatic heterocycles. The van der Waals surface area contributed by atoms with Crippen LogP contribution < -0.4 is 5.32 Å². The average Bonchev–Trinajstić information content (AvgIpc) is 2.92. The lowest BCUT2D eigenvalue weighted by Gasteiger charge is -2.35. The van der Waals surface area contributed by atoms with Crippen LogP contribution in [-0.2, 0) is 4.74 Å². The highest BCUT2D eigenvalue weighted by molar-refractivity contribution is 6.29. The molecule has 0 saturated carbocycles. The van der Waals surface area contributed by atoms with E-state index in [4.69, 9.17) is 16.3 Å². The Bertz CT molecular complexity index is 499. The summed E-state index contributed by atoms with van der Waals surface area (Å²) in [6, 6.07) is 0.570. The van der Waals surface area contributed by atoms with E-state index >= 15 is 0 Å². The molecule has 20 heavy (non-hydrogen) atoms. The summed E-state index contributed by atoms with van der Waals surface area (Å²) in [7, 11) is 0. The highest BCUT2D eigenvalue weighted by Crippen LogP contribution is 2.22. The van der Waals surface area contributed by atoms with Crippen LogP contribution in [0.5, 0.6) is 0 Å². The van der Waals surface area contributed by atoms with Crippen molar-refractivity contribution in [2.45, 2.75) is 25.0 Å². The smallest absolute Gasteiger partial charge is 0.271 e. The van der Waals surface area contributed by atoms with E-state index in [2.05, 4.69) is 20.2 Å². The van der Waals surface area contributed by atoms with Crippen LogP contribution in [0, 0.1) is 0 Å². The molecule has 1 amide bonds. The topological polar surface area (TPSA) is 67.4 Å². The number of carbonyl (C=O) groups is 1. The van der Waals surface area contributed by atoms with Gasteiger partial charge in [0.1, 0.15) is 10.8 Å². The molecule has 2 atom stereocenters. The second-order valence-electron chi connectivity index (χ2n) is 5.18. The maximum Gasteiger partial charge on any atom is 0.271 e. The summed E-state index contributed by atoms with van der Waals surface area (Å²) in [5.74, 6) is -0.271. The molecular weight excluding hydrogens is 280 g/mol. The number of rotatable bonds is 3. The minimum absolute atomic E-state index is 0.0421. The Morgan fingerprint density at radius 3 is 3.30 bits per heavy atom. The van der Waals surface area contributed by atoms with Crippen molar-refractivity contribution in [3.8, 4) is 0 Å². The van der Waals surface area contributed by atoms with Gasteiger partial charge in [0.25, 0.3) is 5.91 Å². The van der Waals surface area contributed by atoms with Crippen LogP contribution >= 0.6 is 11.6 Å². The van der Waals surface area contributed by atoms with E-state index < -0.39 is 0 Å². The van der Waals surface area contributed by atoms with Crippen LogP contribution in [0.2, 0.25) is 5.15 Å². The van der Waals surface area contributed by atoms with Crippen molar-refractivity contribution in [2.24, 2.45) is 0 Å². The molecule has 2 fully saturated rings. The number of carbonyl (C=O) groups excluding carboxylic acids is 1. The molecule has 2 saturated heterocycles. The fourth-order valence-corrected chi connectivity index (χ4v) is 2.91. The van der Waals surface area contributed by atoms with E-state index in [1.54, 1.807) is 0 Å². The SMILES string of the molecule is O=C(NCC1CN2CCCC2CO1)c1cncc(Cl)n1. The monoisotopic (exact) mass is 296 g/mol. The minimum Gasteiger partial charge on any atom is -0.373 e. The zero-order valence-corrected chi connectivity index (χ0v) is 11.8. The zero-order valence-electron chi connectivity index (χ0n) is 11.1.